The minimum absolute atomic E-state index is 0.0507. The van der Waals surface area contributed by atoms with Gasteiger partial charge in [-0.25, -0.2) is 0 Å². The third-order valence-electron chi connectivity index (χ3n) is 5.71. The van der Waals surface area contributed by atoms with Crippen molar-refractivity contribution in [2.45, 2.75) is 64.4 Å². The first-order valence-electron chi connectivity index (χ1n) is 10.5. The van der Waals surface area contributed by atoms with Crippen LogP contribution >= 0.6 is 0 Å². The van der Waals surface area contributed by atoms with Gasteiger partial charge in [-0.3, -0.25) is 24.0 Å². The Kier molecular flexibility index (Phi) is 6.07. The van der Waals surface area contributed by atoms with Crippen LogP contribution in [0.3, 0.4) is 0 Å². The van der Waals surface area contributed by atoms with E-state index in [-0.39, 0.29) is 36.0 Å². The first-order chi connectivity index (χ1) is 16.1. The Hall–Kier alpha value is -3.83. The molecule has 182 valence electrons. The Morgan fingerprint density at radius 1 is 0.912 bits per heavy atom. The van der Waals surface area contributed by atoms with Crippen LogP contribution in [0.2, 0.25) is 0 Å². The van der Waals surface area contributed by atoms with E-state index in [1.807, 2.05) is 0 Å². The highest BCUT2D eigenvalue weighted by atomic mass is 16.7. The summed E-state index contributed by atoms with van der Waals surface area (Å²) in [4.78, 5) is 60.5. The van der Waals surface area contributed by atoms with Crippen molar-refractivity contribution >= 4 is 29.8 Å². The lowest BCUT2D eigenvalue weighted by Gasteiger charge is -2.47. The average molecular weight is 477 g/mol. The van der Waals surface area contributed by atoms with Gasteiger partial charge in [0.15, 0.2) is 23.7 Å². The van der Waals surface area contributed by atoms with Gasteiger partial charge in [0.05, 0.1) is 11.6 Å². The second-order valence-electron chi connectivity index (χ2n) is 8.13. The van der Waals surface area contributed by atoms with E-state index in [9.17, 15) is 24.0 Å². The molecule has 1 saturated carbocycles. The zero-order valence-corrected chi connectivity index (χ0v) is 18.9. The van der Waals surface area contributed by atoms with Gasteiger partial charge in [-0.15, -0.1) is 0 Å². The Morgan fingerprint density at radius 3 is 2.18 bits per heavy atom. The average Bonchev–Trinajstić information content (AvgIpc) is 3.18. The van der Waals surface area contributed by atoms with Crippen LogP contribution in [0.1, 0.15) is 56.0 Å². The third kappa shape index (κ3) is 4.22. The molecule has 3 aliphatic rings. The Morgan fingerprint density at radius 2 is 1.56 bits per heavy atom. The Bertz CT molecular complexity index is 1080. The summed E-state index contributed by atoms with van der Waals surface area (Å²) in [6, 6.07) is 0.744. The van der Waals surface area contributed by atoms with Gasteiger partial charge < -0.3 is 33.7 Å². The van der Waals surface area contributed by atoms with Crippen molar-refractivity contribution in [1.82, 2.24) is 5.32 Å². The molecule has 1 aromatic carbocycles. The number of ether oxygens (including phenoxy) is 6. The van der Waals surface area contributed by atoms with Gasteiger partial charge in [0, 0.05) is 33.6 Å². The molecule has 1 aromatic rings. The Labute approximate surface area is 193 Å². The lowest BCUT2D eigenvalue weighted by atomic mass is 9.71. The number of fused-ring (bicyclic) bond motifs is 4. The first-order valence-corrected chi connectivity index (χ1v) is 10.5. The predicted molar refractivity (Wildman–Crippen MR) is 109 cm³/mol. The summed E-state index contributed by atoms with van der Waals surface area (Å²) in [7, 11) is 0. The molecule has 0 bridgehead atoms. The number of nitrogens with one attached hydrogen (secondary N) is 1. The second-order valence-corrected chi connectivity index (χ2v) is 8.13. The van der Waals surface area contributed by atoms with Crippen molar-refractivity contribution in [2.75, 3.05) is 6.79 Å². The zero-order chi connectivity index (χ0) is 24.7. The van der Waals surface area contributed by atoms with Crippen LogP contribution in [-0.4, -0.2) is 60.9 Å². The fourth-order valence-corrected chi connectivity index (χ4v) is 4.70. The van der Waals surface area contributed by atoms with Gasteiger partial charge in [-0.2, -0.15) is 0 Å². The highest BCUT2D eigenvalue weighted by molar-refractivity contribution is 6.02. The molecular formula is C22H23NO11. The van der Waals surface area contributed by atoms with Crippen LogP contribution in [0.5, 0.6) is 17.2 Å². The molecule has 1 N–H and O–H groups in total. The SMILES string of the molecule is CC(=O)Oc1c2c(cc3c1C(=O)NC1[C@H]3C[C@H](OC(C)=O)[C@@H](OC(C)=O)[C@H]1OC(C)=O)OCO2. The van der Waals surface area contributed by atoms with Crippen molar-refractivity contribution in [3.05, 3.63) is 17.2 Å². The van der Waals surface area contributed by atoms with Gasteiger partial charge in [0.1, 0.15) is 6.10 Å². The van der Waals surface area contributed by atoms with Gasteiger partial charge in [0.25, 0.3) is 5.91 Å². The highest BCUT2D eigenvalue weighted by Crippen LogP contribution is 2.51. The number of carbonyl (C=O) groups excluding carboxylic acids is 5. The molecule has 1 amide bonds. The van der Waals surface area contributed by atoms with Crippen LogP contribution in [0.25, 0.3) is 0 Å². The number of hydrogen-bond acceptors (Lipinski definition) is 11. The summed E-state index contributed by atoms with van der Waals surface area (Å²) in [5.41, 5.74) is 0.472. The topological polar surface area (TPSA) is 153 Å². The van der Waals surface area contributed by atoms with Crippen LogP contribution in [0, 0.1) is 0 Å². The molecule has 12 heteroatoms. The maximum absolute atomic E-state index is 13.2. The number of benzene rings is 1. The second kappa shape index (κ2) is 8.84. The first kappa shape index (κ1) is 23.3. The largest absolute Gasteiger partial charge is 0.458 e. The summed E-state index contributed by atoms with van der Waals surface area (Å²) >= 11 is 0. The molecule has 2 heterocycles. The molecule has 12 nitrogen and oxygen atoms in total. The predicted octanol–water partition coefficient (Wildman–Crippen LogP) is 0.735. The molecule has 4 rings (SSSR count). The third-order valence-corrected chi connectivity index (χ3v) is 5.71. The van der Waals surface area contributed by atoms with Gasteiger partial charge >= 0.3 is 23.9 Å². The molecular weight excluding hydrogens is 454 g/mol. The van der Waals surface area contributed by atoms with Gasteiger partial charge in [-0.05, 0) is 18.1 Å². The molecule has 0 saturated heterocycles. The molecule has 0 aromatic heterocycles. The standard InChI is InChI=1S/C22H23NO11/c1-8(24)31-15-6-13-12-5-14-18(30-7-29-14)20(33-10(3)26)16(12)22(28)23-17(13)21(34-11(4)27)19(15)32-9(2)25/h5,13,15,17,19,21H,6-7H2,1-4H3,(H,23,28)/t13-,15-,17?,19+,21-/m0/s1. The van der Waals surface area contributed by atoms with Gasteiger partial charge in [-0.1, -0.05) is 0 Å². The van der Waals surface area contributed by atoms with E-state index < -0.39 is 60.1 Å². The number of carbonyl (C=O) groups is 5. The van der Waals surface area contributed by atoms with Crippen LogP contribution in [0.4, 0.5) is 0 Å². The maximum Gasteiger partial charge on any atom is 0.308 e. The van der Waals surface area contributed by atoms with Crippen LogP contribution in [0.15, 0.2) is 6.07 Å². The van der Waals surface area contributed by atoms with Crippen molar-refractivity contribution in [3.8, 4) is 17.2 Å². The van der Waals surface area contributed by atoms with Crippen molar-refractivity contribution in [3.63, 3.8) is 0 Å². The van der Waals surface area contributed by atoms with E-state index in [1.165, 1.54) is 27.7 Å². The number of rotatable bonds is 4. The monoisotopic (exact) mass is 477 g/mol. The maximum atomic E-state index is 13.2. The molecule has 1 aliphatic carbocycles. The van der Waals surface area contributed by atoms with E-state index >= 15 is 0 Å². The molecule has 0 spiro atoms. The summed E-state index contributed by atoms with van der Waals surface area (Å²) in [6.07, 6.45) is -3.20. The lowest BCUT2D eigenvalue weighted by Crippen LogP contribution is -2.63. The fraction of sp³-hybridized carbons (Fsp3) is 0.500. The van der Waals surface area contributed by atoms with E-state index in [0.29, 0.717) is 5.56 Å². The smallest absolute Gasteiger partial charge is 0.308 e. The number of amides is 1. The fourth-order valence-electron chi connectivity index (χ4n) is 4.70. The lowest BCUT2D eigenvalue weighted by molar-refractivity contribution is -0.194. The zero-order valence-electron chi connectivity index (χ0n) is 18.9. The highest BCUT2D eigenvalue weighted by Gasteiger charge is 2.54. The Balaban J connectivity index is 1.86. The van der Waals surface area contributed by atoms with Crippen LogP contribution < -0.4 is 19.5 Å². The van der Waals surface area contributed by atoms with Gasteiger partial charge in [0.2, 0.25) is 12.5 Å². The van der Waals surface area contributed by atoms with E-state index in [2.05, 4.69) is 5.32 Å². The van der Waals surface area contributed by atoms with E-state index in [1.54, 1.807) is 6.07 Å². The number of hydrogen-bond donors (Lipinski definition) is 1. The summed E-state index contributed by atoms with van der Waals surface area (Å²) in [6.45, 7) is 4.59. The van der Waals surface area contributed by atoms with E-state index in [0.717, 1.165) is 0 Å². The van der Waals surface area contributed by atoms with Crippen LogP contribution in [-0.2, 0) is 33.4 Å². The van der Waals surface area contributed by atoms with Crippen molar-refractivity contribution in [2.24, 2.45) is 0 Å². The minimum Gasteiger partial charge on any atom is -0.458 e. The quantitative estimate of drug-likeness (QED) is 0.371. The molecule has 1 unspecified atom stereocenters. The summed E-state index contributed by atoms with van der Waals surface area (Å²) < 4.78 is 32.5. The van der Waals surface area contributed by atoms with E-state index in [4.69, 9.17) is 28.4 Å². The summed E-state index contributed by atoms with van der Waals surface area (Å²) in [5, 5.41) is 2.78. The molecule has 0 radical (unpaired) electrons. The van der Waals surface area contributed by atoms with Crippen molar-refractivity contribution < 1.29 is 52.4 Å². The molecule has 2 aliphatic heterocycles. The molecule has 1 fully saturated rings. The molecule has 34 heavy (non-hydrogen) atoms. The number of esters is 4. The van der Waals surface area contributed by atoms with Crippen molar-refractivity contribution in [1.29, 1.82) is 0 Å². The molecule has 5 atom stereocenters. The minimum atomic E-state index is -1.16. The normalized spacial score (nSPS) is 26.4. The summed E-state index contributed by atoms with van der Waals surface area (Å²) in [5.74, 6) is -3.58.